The maximum absolute atomic E-state index is 4.19. The Balaban J connectivity index is 1.71. The van der Waals surface area contributed by atoms with Gasteiger partial charge in [0, 0.05) is 5.25 Å². The Hall–Kier alpha value is -0.580. The molecule has 0 unspecified atom stereocenters. The molecular formula is C11H18N4S. The van der Waals surface area contributed by atoms with Crippen molar-refractivity contribution in [3.63, 3.8) is 0 Å². The van der Waals surface area contributed by atoms with E-state index in [1.54, 1.807) is 0 Å². The molecular weight excluding hydrogens is 220 g/mol. The molecule has 2 saturated carbocycles. The summed E-state index contributed by atoms with van der Waals surface area (Å²) < 4.78 is 2.08. The molecule has 0 spiro atoms. The van der Waals surface area contributed by atoms with Crippen LogP contribution in [0, 0.1) is 0 Å². The fourth-order valence-corrected chi connectivity index (χ4v) is 4.04. The number of nitrogens with zero attached hydrogens (tertiary/aromatic N) is 4. The van der Waals surface area contributed by atoms with Gasteiger partial charge in [0.1, 0.15) is 0 Å². The summed E-state index contributed by atoms with van der Waals surface area (Å²) in [7, 11) is 0. The maximum Gasteiger partial charge on any atom is 0.209 e. The smallest absolute Gasteiger partial charge is 0.209 e. The molecule has 1 aromatic rings. The highest BCUT2D eigenvalue weighted by Gasteiger charge is 2.24. The topological polar surface area (TPSA) is 43.6 Å². The Morgan fingerprint density at radius 2 is 1.69 bits per heavy atom. The lowest BCUT2D eigenvalue weighted by molar-refractivity contribution is 0.422. The lowest BCUT2D eigenvalue weighted by atomic mass is 10.3. The number of tetrazole rings is 1. The van der Waals surface area contributed by atoms with E-state index in [1.165, 1.54) is 51.4 Å². The molecule has 5 heteroatoms. The molecule has 0 amide bonds. The standard InChI is InChI=1S/C11H18N4S/c1-2-6-9(5-1)15-11(12-13-14-15)16-10-7-3-4-8-10/h9-10H,1-8H2. The third-order valence-electron chi connectivity index (χ3n) is 3.71. The van der Waals surface area contributed by atoms with Crippen LogP contribution >= 0.6 is 11.8 Å². The van der Waals surface area contributed by atoms with E-state index < -0.39 is 0 Å². The summed E-state index contributed by atoms with van der Waals surface area (Å²) in [6.45, 7) is 0. The van der Waals surface area contributed by atoms with Gasteiger partial charge in [-0.25, -0.2) is 4.68 Å². The Kier molecular flexibility index (Phi) is 3.13. The van der Waals surface area contributed by atoms with Crippen molar-refractivity contribution in [3.8, 4) is 0 Å². The Morgan fingerprint density at radius 3 is 2.44 bits per heavy atom. The molecule has 1 aromatic heterocycles. The second kappa shape index (κ2) is 4.73. The van der Waals surface area contributed by atoms with Gasteiger partial charge in [0.05, 0.1) is 6.04 Å². The Bertz CT molecular complexity index is 340. The summed E-state index contributed by atoms with van der Waals surface area (Å²) in [6.07, 6.45) is 10.6. The number of thioether (sulfide) groups is 1. The van der Waals surface area contributed by atoms with Crippen molar-refractivity contribution in [2.75, 3.05) is 0 Å². The molecule has 0 aliphatic heterocycles. The van der Waals surface area contributed by atoms with E-state index in [9.17, 15) is 0 Å². The fraction of sp³-hybridized carbons (Fsp3) is 0.909. The van der Waals surface area contributed by atoms with Crippen molar-refractivity contribution in [1.82, 2.24) is 20.2 Å². The highest BCUT2D eigenvalue weighted by molar-refractivity contribution is 7.99. The van der Waals surface area contributed by atoms with Crippen LogP contribution < -0.4 is 0 Å². The van der Waals surface area contributed by atoms with Crippen molar-refractivity contribution in [2.24, 2.45) is 0 Å². The lowest BCUT2D eigenvalue weighted by Gasteiger charge is -2.12. The van der Waals surface area contributed by atoms with Crippen LogP contribution in [-0.4, -0.2) is 25.5 Å². The Labute approximate surface area is 100 Å². The quantitative estimate of drug-likeness (QED) is 0.812. The molecule has 2 fully saturated rings. The molecule has 16 heavy (non-hydrogen) atoms. The van der Waals surface area contributed by atoms with Gasteiger partial charge in [-0.15, -0.1) is 5.10 Å². The van der Waals surface area contributed by atoms with Crippen LogP contribution in [0.2, 0.25) is 0 Å². The van der Waals surface area contributed by atoms with Crippen molar-refractivity contribution in [2.45, 2.75) is 67.8 Å². The zero-order valence-corrected chi connectivity index (χ0v) is 10.3. The van der Waals surface area contributed by atoms with Crippen LogP contribution in [0.5, 0.6) is 0 Å². The average molecular weight is 238 g/mol. The number of hydrogen-bond acceptors (Lipinski definition) is 4. The van der Waals surface area contributed by atoms with Crippen molar-refractivity contribution < 1.29 is 0 Å². The summed E-state index contributed by atoms with van der Waals surface area (Å²) in [6, 6.07) is 0.568. The highest BCUT2D eigenvalue weighted by Crippen LogP contribution is 2.36. The fourth-order valence-electron chi connectivity index (χ4n) is 2.80. The van der Waals surface area contributed by atoms with Crippen LogP contribution in [0.3, 0.4) is 0 Å². The van der Waals surface area contributed by atoms with Gasteiger partial charge in [-0.3, -0.25) is 0 Å². The minimum absolute atomic E-state index is 0.568. The van der Waals surface area contributed by atoms with E-state index in [0.717, 1.165) is 10.4 Å². The normalized spacial score (nSPS) is 23.2. The van der Waals surface area contributed by atoms with Crippen molar-refractivity contribution in [3.05, 3.63) is 0 Å². The van der Waals surface area contributed by atoms with Gasteiger partial charge < -0.3 is 0 Å². The molecule has 2 aliphatic carbocycles. The molecule has 0 atom stereocenters. The first-order valence-electron chi connectivity index (χ1n) is 6.38. The third-order valence-corrected chi connectivity index (χ3v) is 4.99. The van der Waals surface area contributed by atoms with Crippen LogP contribution in [0.4, 0.5) is 0 Å². The highest BCUT2D eigenvalue weighted by atomic mass is 32.2. The first-order chi connectivity index (χ1) is 7.93. The Morgan fingerprint density at radius 1 is 1.00 bits per heavy atom. The molecule has 0 N–H and O–H groups in total. The minimum Gasteiger partial charge on any atom is -0.217 e. The molecule has 88 valence electrons. The molecule has 4 nitrogen and oxygen atoms in total. The van der Waals surface area contributed by atoms with Crippen LogP contribution in [0.15, 0.2) is 5.16 Å². The van der Waals surface area contributed by atoms with Gasteiger partial charge >= 0.3 is 0 Å². The molecule has 1 heterocycles. The van der Waals surface area contributed by atoms with Gasteiger partial charge in [0.15, 0.2) is 0 Å². The van der Waals surface area contributed by atoms with E-state index in [-0.39, 0.29) is 0 Å². The average Bonchev–Trinajstić information content (AvgIpc) is 2.98. The van der Waals surface area contributed by atoms with E-state index in [4.69, 9.17) is 0 Å². The zero-order chi connectivity index (χ0) is 10.8. The third kappa shape index (κ3) is 2.10. The van der Waals surface area contributed by atoms with Gasteiger partial charge in [0.25, 0.3) is 0 Å². The molecule has 2 aliphatic rings. The number of hydrogen-bond donors (Lipinski definition) is 0. The van der Waals surface area contributed by atoms with E-state index in [2.05, 4.69) is 20.2 Å². The van der Waals surface area contributed by atoms with Crippen molar-refractivity contribution in [1.29, 1.82) is 0 Å². The van der Waals surface area contributed by atoms with Gasteiger partial charge in [0.2, 0.25) is 5.16 Å². The van der Waals surface area contributed by atoms with Crippen molar-refractivity contribution >= 4 is 11.8 Å². The largest absolute Gasteiger partial charge is 0.217 e. The van der Waals surface area contributed by atoms with Crippen LogP contribution in [-0.2, 0) is 0 Å². The summed E-state index contributed by atoms with van der Waals surface area (Å²) in [5.74, 6) is 0. The predicted octanol–water partition coefficient (Wildman–Crippen LogP) is 2.82. The SMILES string of the molecule is C1CCC(Sc2nnnn2C2CCCC2)C1. The molecule has 0 aromatic carbocycles. The van der Waals surface area contributed by atoms with E-state index >= 15 is 0 Å². The van der Waals surface area contributed by atoms with Gasteiger partial charge in [-0.1, -0.05) is 37.4 Å². The molecule has 0 radical (unpaired) electrons. The number of aromatic nitrogens is 4. The molecule has 0 bridgehead atoms. The summed E-state index contributed by atoms with van der Waals surface area (Å²) in [5, 5.41) is 14.0. The number of rotatable bonds is 3. The second-order valence-electron chi connectivity index (χ2n) is 4.87. The first kappa shape index (κ1) is 10.6. The predicted molar refractivity (Wildman–Crippen MR) is 63.4 cm³/mol. The second-order valence-corrected chi connectivity index (χ2v) is 6.14. The van der Waals surface area contributed by atoms with Gasteiger partial charge in [-0.2, -0.15) is 0 Å². The summed E-state index contributed by atoms with van der Waals surface area (Å²) >= 11 is 1.90. The lowest BCUT2D eigenvalue weighted by Crippen LogP contribution is -2.09. The van der Waals surface area contributed by atoms with E-state index in [1.807, 2.05) is 11.8 Å². The first-order valence-corrected chi connectivity index (χ1v) is 7.26. The zero-order valence-electron chi connectivity index (χ0n) is 9.51. The maximum atomic E-state index is 4.19. The monoisotopic (exact) mass is 238 g/mol. The van der Waals surface area contributed by atoms with Crippen LogP contribution in [0.25, 0.3) is 0 Å². The summed E-state index contributed by atoms with van der Waals surface area (Å²) in [4.78, 5) is 0. The minimum atomic E-state index is 0.568. The van der Waals surface area contributed by atoms with Crippen LogP contribution in [0.1, 0.15) is 57.4 Å². The summed E-state index contributed by atoms with van der Waals surface area (Å²) in [5.41, 5.74) is 0. The molecule has 3 rings (SSSR count). The van der Waals surface area contributed by atoms with E-state index in [0.29, 0.717) is 6.04 Å². The molecule has 0 saturated heterocycles. The van der Waals surface area contributed by atoms with Gasteiger partial charge in [-0.05, 0) is 36.1 Å².